The lowest BCUT2D eigenvalue weighted by Gasteiger charge is -2.17. The van der Waals surface area contributed by atoms with Crippen LogP contribution in [0.1, 0.15) is 61.8 Å². The number of aromatic hydroxyl groups is 2. The predicted octanol–water partition coefficient (Wildman–Crippen LogP) is 5.75. The summed E-state index contributed by atoms with van der Waals surface area (Å²) in [6, 6.07) is 7.28. The van der Waals surface area contributed by atoms with Gasteiger partial charge in [-0.1, -0.05) is 27.7 Å². The van der Waals surface area contributed by atoms with Crippen molar-refractivity contribution in [1.82, 2.24) is 0 Å². The summed E-state index contributed by atoms with van der Waals surface area (Å²) >= 11 is 0. The van der Waals surface area contributed by atoms with Gasteiger partial charge in [0.05, 0.1) is 0 Å². The Morgan fingerprint density at radius 3 is 1.35 bits per heavy atom. The summed E-state index contributed by atoms with van der Waals surface area (Å²) in [5.74, 6) is 2.49. The molecule has 2 N–H and O–H groups in total. The Kier molecular flexibility index (Phi) is 4.88. The van der Waals surface area contributed by atoms with Crippen molar-refractivity contribution in [3.63, 3.8) is 0 Å². The number of aryl methyl sites for hydroxylation is 2. The van der Waals surface area contributed by atoms with Crippen molar-refractivity contribution in [2.75, 3.05) is 0 Å². The minimum Gasteiger partial charge on any atom is -0.508 e. The van der Waals surface area contributed by atoms with E-state index in [4.69, 9.17) is 4.74 Å². The van der Waals surface area contributed by atoms with E-state index < -0.39 is 0 Å². The number of hydrogen-bond acceptors (Lipinski definition) is 3. The number of phenolic OH excluding ortho intramolecular Hbond substituents is 2. The zero-order valence-corrected chi connectivity index (χ0v) is 14.8. The Bertz CT molecular complexity index is 654. The van der Waals surface area contributed by atoms with Gasteiger partial charge in [0, 0.05) is 11.1 Å². The molecule has 2 aromatic rings. The molecule has 0 unspecified atom stereocenters. The van der Waals surface area contributed by atoms with Crippen LogP contribution in [0.25, 0.3) is 0 Å². The van der Waals surface area contributed by atoms with Gasteiger partial charge in [-0.2, -0.15) is 0 Å². The van der Waals surface area contributed by atoms with Gasteiger partial charge in [0.15, 0.2) is 0 Å². The third-order valence-electron chi connectivity index (χ3n) is 4.11. The van der Waals surface area contributed by atoms with E-state index in [1.54, 1.807) is 12.1 Å². The molecule has 0 amide bonds. The number of ether oxygens (including phenoxy) is 1. The number of benzene rings is 2. The van der Waals surface area contributed by atoms with Gasteiger partial charge in [-0.05, 0) is 61.1 Å². The Morgan fingerprint density at radius 1 is 0.696 bits per heavy atom. The molecule has 0 aliphatic rings. The van der Waals surface area contributed by atoms with Gasteiger partial charge in [0.25, 0.3) is 0 Å². The second kappa shape index (κ2) is 6.53. The fraction of sp³-hybridized carbons (Fsp3) is 0.400. The molecule has 0 spiro atoms. The molecular formula is C20H26O3. The minimum absolute atomic E-state index is 0.213. The number of rotatable bonds is 4. The molecule has 3 heteroatoms. The van der Waals surface area contributed by atoms with Gasteiger partial charge < -0.3 is 14.9 Å². The van der Waals surface area contributed by atoms with E-state index >= 15 is 0 Å². The van der Waals surface area contributed by atoms with Crippen LogP contribution >= 0.6 is 0 Å². The van der Waals surface area contributed by atoms with Crippen LogP contribution in [0.15, 0.2) is 24.3 Å². The van der Waals surface area contributed by atoms with Crippen LogP contribution < -0.4 is 4.74 Å². The van der Waals surface area contributed by atoms with E-state index in [1.165, 1.54) is 0 Å². The van der Waals surface area contributed by atoms with Crippen LogP contribution in [0, 0.1) is 13.8 Å². The summed E-state index contributed by atoms with van der Waals surface area (Å²) in [6.07, 6.45) is 0. The molecule has 0 aliphatic carbocycles. The first kappa shape index (κ1) is 17.2. The summed E-state index contributed by atoms with van der Waals surface area (Å²) < 4.78 is 6.11. The normalized spacial score (nSPS) is 11.3. The molecule has 23 heavy (non-hydrogen) atoms. The average molecular weight is 314 g/mol. The van der Waals surface area contributed by atoms with E-state index in [0.29, 0.717) is 11.5 Å². The molecule has 0 bridgehead atoms. The molecule has 3 nitrogen and oxygen atoms in total. The lowest BCUT2D eigenvalue weighted by Crippen LogP contribution is -1.97. The van der Waals surface area contributed by atoms with Gasteiger partial charge in [0.2, 0.25) is 0 Å². The lowest BCUT2D eigenvalue weighted by molar-refractivity contribution is 0.444. The maximum absolute atomic E-state index is 10.1. The Labute approximate surface area is 138 Å². The minimum atomic E-state index is 0.213. The molecule has 0 radical (unpaired) electrons. The zero-order valence-electron chi connectivity index (χ0n) is 14.8. The van der Waals surface area contributed by atoms with Crippen LogP contribution in [0.5, 0.6) is 23.0 Å². The molecule has 0 saturated carbocycles. The summed E-state index contributed by atoms with van der Waals surface area (Å²) in [7, 11) is 0. The first-order chi connectivity index (χ1) is 10.7. The van der Waals surface area contributed by atoms with Gasteiger partial charge in [-0.15, -0.1) is 0 Å². The van der Waals surface area contributed by atoms with Crippen molar-refractivity contribution in [2.45, 2.75) is 53.4 Å². The maximum atomic E-state index is 10.1. The van der Waals surface area contributed by atoms with Crippen LogP contribution in [-0.4, -0.2) is 10.2 Å². The van der Waals surface area contributed by atoms with Crippen molar-refractivity contribution < 1.29 is 14.9 Å². The summed E-state index contributed by atoms with van der Waals surface area (Å²) in [5, 5.41) is 20.1. The first-order valence-electron chi connectivity index (χ1n) is 8.05. The summed E-state index contributed by atoms with van der Waals surface area (Å²) in [4.78, 5) is 0. The predicted molar refractivity (Wildman–Crippen MR) is 93.9 cm³/mol. The van der Waals surface area contributed by atoms with Crippen LogP contribution in [0.2, 0.25) is 0 Å². The molecule has 2 aromatic carbocycles. The molecule has 0 atom stereocenters. The molecular weight excluding hydrogens is 288 g/mol. The van der Waals surface area contributed by atoms with Crippen molar-refractivity contribution >= 4 is 0 Å². The SMILES string of the molecule is Cc1cc(O)c(C(C)C)cc1Oc1cc(C(C)C)c(O)cc1C. The van der Waals surface area contributed by atoms with Crippen LogP contribution in [0.4, 0.5) is 0 Å². The van der Waals surface area contributed by atoms with Crippen LogP contribution in [0.3, 0.4) is 0 Å². The Hall–Kier alpha value is -2.16. The fourth-order valence-corrected chi connectivity index (χ4v) is 2.64. The van der Waals surface area contributed by atoms with Crippen LogP contribution in [-0.2, 0) is 0 Å². The second-order valence-electron chi connectivity index (χ2n) is 6.76. The van der Waals surface area contributed by atoms with Crippen molar-refractivity contribution in [2.24, 2.45) is 0 Å². The first-order valence-corrected chi connectivity index (χ1v) is 8.05. The monoisotopic (exact) mass is 314 g/mol. The van der Waals surface area contributed by atoms with Gasteiger partial charge in [-0.25, -0.2) is 0 Å². The summed E-state index contributed by atoms with van der Waals surface area (Å²) in [6.45, 7) is 12.0. The second-order valence-corrected chi connectivity index (χ2v) is 6.76. The topological polar surface area (TPSA) is 49.7 Å². The van der Waals surface area contributed by atoms with Crippen molar-refractivity contribution in [1.29, 1.82) is 0 Å². The van der Waals surface area contributed by atoms with Crippen molar-refractivity contribution in [3.05, 3.63) is 46.5 Å². The van der Waals surface area contributed by atoms with Crippen molar-refractivity contribution in [3.8, 4) is 23.0 Å². The lowest BCUT2D eigenvalue weighted by atomic mass is 9.99. The largest absolute Gasteiger partial charge is 0.508 e. The molecule has 2 rings (SSSR count). The maximum Gasteiger partial charge on any atom is 0.130 e. The highest BCUT2D eigenvalue weighted by Crippen LogP contribution is 2.38. The van der Waals surface area contributed by atoms with Gasteiger partial charge >= 0.3 is 0 Å². The molecule has 0 fully saturated rings. The average Bonchev–Trinajstić information content (AvgIpc) is 2.43. The molecule has 0 heterocycles. The highest BCUT2D eigenvalue weighted by Gasteiger charge is 2.15. The standard InChI is InChI=1S/C20H26O3/c1-11(2)15-9-19(13(5)7-17(15)21)23-20-10-16(12(3)4)18(22)8-14(20)6/h7-12,21-22H,1-6H3. The highest BCUT2D eigenvalue weighted by atomic mass is 16.5. The zero-order chi connectivity index (χ0) is 17.3. The molecule has 0 saturated heterocycles. The number of phenols is 2. The van der Waals surface area contributed by atoms with E-state index in [1.807, 2.05) is 53.7 Å². The van der Waals surface area contributed by atoms with E-state index in [0.717, 1.165) is 33.8 Å². The smallest absolute Gasteiger partial charge is 0.130 e. The Balaban J connectivity index is 2.47. The third kappa shape index (κ3) is 3.61. The van der Waals surface area contributed by atoms with E-state index in [9.17, 15) is 10.2 Å². The molecule has 0 aliphatic heterocycles. The highest BCUT2D eigenvalue weighted by molar-refractivity contribution is 5.51. The quantitative estimate of drug-likeness (QED) is 0.755. The van der Waals surface area contributed by atoms with E-state index in [2.05, 4.69) is 0 Å². The Morgan fingerprint density at radius 2 is 1.04 bits per heavy atom. The third-order valence-corrected chi connectivity index (χ3v) is 4.11. The van der Waals surface area contributed by atoms with Gasteiger partial charge in [0.1, 0.15) is 23.0 Å². The fourth-order valence-electron chi connectivity index (χ4n) is 2.64. The number of hydrogen-bond donors (Lipinski definition) is 2. The van der Waals surface area contributed by atoms with Gasteiger partial charge in [-0.3, -0.25) is 0 Å². The summed E-state index contributed by atoms with van der Waals surface area (Å²) in [5.41, 5.74) is 3.49. The van der Waals surface area contributed by atoms with E-state index in [-0.39, 0.29) is 11.8 Å². The molecule has 124 valence electrons. The molecule has 0 aromatic heterocycles.